The van der Waals surface area contributed by atoms with E-state index in [0.29, 0.717) is 17.1 Å². The van der Waals surface area contributed by atoms with Gasteiger partial charge in [0, 0.05) is 30.6 Å². The SMILES string of the molecule is COc1ccc(OC)c(N(CC(=O)N(Cc2ccc(F)cc2)[C@@H](Cc2ccccc2)C(=O)NC(C)(C)C)S(=O)(=O)c2ccc(OC)c(OC)c2)c1. The van der Waals surface area contributed by atoms with Gasteiger partial charge in [0.25, 0.3) is 10.0 Å². The van der Waals surface area contributed by atoms with Gasteiger partial charge in [0.05, 0.1) is 39.0 Å². The molecule has 0 radical (unpaired) electrons. The van der Waals surface area contributed by atoms with Crippen LogP contribution in [-0.2, 0) is 32.6 Å². The molecule has 0 spiro atoms. The van der Waals surface area contributed by atoms with Crippen molar-refractivity contribution in [1.82, 2.24) is 10.2 Å². The molecular formula is C38H44FN3O8S. The summed E-state index contributed by atoms with van der Waals surface area (Å²) in [5.74, 6) is -0.725. The Morgan fingerprint density at radius 1 is 0.765 bits per heavy atom. The van der Waals surface area contributed by atoms with Crippen molar-refractivity contribution in [1.29, 1.82) is 0 Å². The van der Waals surface area contributed by atoms with E-state index in [1.165, 1.54) is 87.9 Å². The average Bonchev–Trinajstić information content (AvgIpc) is 3.11. The molecule has 272 valence electrons. The molecule has 13 heteroatoms. The van der Waals surface area contributed by atoms with E-state index in [4.69, 9.17) is 18.9 Å². The van der Waals surface area contributed by atoms with E-state index in [0.717, 1.165) is 9.87 Å². The van der Waals surface area contributed by atoms with Crippen LogP contribution in [0.25, 0.3) is 0 Å². The Bertz CT molecular complexity index is 1920. The second-order valence-corrected chi connectivity index (χ2v) is 14.5. The molecule has 0 aliphatic carbocycles. The van der Waals surface area contributed by atoms with E-state index in [-0.39, 0.29) is 35.0 Å². The molecule has 4 aromatic rings. The number of amides is 2. The molecule has 4 aromatic carbocycles. The van der Waals surface area contributed by atoms with Gasteiger partial charge >= 0.3 is 0 Å². The van der Waals surface area contributed by atoms with Gasteiger partial charge in [-0.05, 0) is 68.3 Å². The fourth-order valence-electron chi connectivity index (χ4n) is 5.40. The number of nitrogens with zero attached hydrogens (tertiary/aromatic N) is 2. The summed E-state index contributed by atoms with van der Waals surface area (Å²) in [4.78, 5) is 30.0. The number of halogens is 1. The van der Waals surface area contributed by atoms with E-state index >= 15 is 0 Å². The number of benzene rings is 4. The van der Waals surface area contributed by atoms with Crippen LogP contribution >= 0.6 is 0 Å². The van der Waals surface area contributed by atoms with Crippen LogP contribution in [-0.4, -0.2) is 71.7 Å². The topological polar surface area (TPSA) is 124 Å². The first-order chi connectivity index (χ1) is 24.2. The predicted molar refractivity (Wildman–Crippen MR) is 192 cm³/mol. The zero-order chi connectivity index (χ0) is 37.3. The van der Waals surface area contributed by atoms with Crippen molar-refractivity contribution in [2.75, 3.05) is 39.3 Å². The summed E-state index contributed by atoms with van der Waals surface area (Å²) in [5.41, 5.74) is 0.653. The molecule has 0 unspecified atom stereocenters. The molecule has 11 nitrogen and oxygen atoms in total. The molecule has 0 saturated heterocycles. The van der Waals surface area contributed by atoms with Crippen molar-refractivity contribution in [2.24, 2.45) is 0 Å². The fraction of sp³-hybridized carbons (Fsp3) is 0.316. The first kappa shape index (κ1) is 38.5. The summed E-state index contributed by atoms with van der Waals surface area (Å²) in [6, 6.07) is 22.3. The van der Waals surface area contributed by atoms with Gasteiger partial charge in [0.15, 0.2) is 11.5 Å². The molecule has 2 amide bonds. The van der Waals surface area contributed by atoms with Crippen molar-refractivity contribution >= 4 is 27.5 Å². The highest BCUT2D eigenvalue weighted by Gasteiger charge is 2.37. The number of ether oxygens (including phenoxy) is 4. The number of anilines is 1. The molecule has 0 bridgehead atoms. The molecule has 1 N–H and O–H groups in total. The molecule has 1 atom stereocenters. The standard InChI is InChI=1S/C38H44FN3O8S/c1-38(2,3)40-37(44)32(21-26-11-9-8-10-12-26)41(24-27-13-15-28(39)16-14-27)36(43)25-42(31-22-29(47-4)17-19-33(31)48-5)51(45,46)30-18-20-34(49-6)35(23-30)50-7/h8-20,22-23,32H,21,24-25H2,1-7H3,(H,40,44)/t32-/m0/s1. The fourth-order valence-corrected chi connectivity index (χ4v) is 6.84. The second kappa shape index (κ2) is 16.6. The van der Waals surface area contributed by atoms with Crippen molar-refractivity contribution in [3.05, 3.63) is 108 Å². The van der Waals surface area contributed by atoms with Crippen LogP contribution in [0, 0.1) is 5.82 Å². The second-order valence-electron chi connectivity index (χ2n) is 12.7. The van der Waals surface area contributed by atoms with E-state index in [9.17, 15) is 22.4 Å². The zero-order valence-electron chi connectivity index (χ0n) is 29.8. The van der Waals surface area contributed by atoms with Gasteiger partial charge in [-0.25, -0.2) is 12.8 Å². The molecule has 0 fully saturated rings. The molecule has 0 aliphatic heterocycles. The molecular weight excluding hydrogens is 677 g/mol. The van der Waals surface area contributed by atoms with Gasteiger partial charge in [-0.3, -0.25) is 13.9 Å². The number of sulfonamides is 1. The molecule has 0 aliphatic rings. The Hall–Kier alpha value is -5.30. The lowest BCUT2D eigenvalue weighted by Crippen LogP contribution is -2.56. The van der Waals surface area contributed by atoms with Gasteiger partial charge in [0.1, 0.15) is 29.9 Å². The lowest BCUT2D eigenvalue weighted by atomic mass is 10.0. The number of nitrogens with one attached hydrogen (secondary N) is 1. The number of hydrogen-bond acceptors (Lipinski definition) is 8. The van der Waals surface area contributed by atoms with E-state index < -0.39 is 45.8 Å². The summed E-state index contributed by atoms with van der Waals surface area (Å²) in [5, 5.41) is 2.98. The number of carbonyl (C=O) groups is 2. The third-order valence-corrected chi connectivity index (χ3v) is 9.67. The summed E-state index contributed by atoms with van der Waals surface area (Å²) in [6.45, 7) is 4.58. The van der Waals surface area contributed by atoms with E-state index in [2.05, 4.69) is 5.32 Å². The first-order valence-electron chi connectivity index (χ1n) is 16.1. The third kappa shape index (κ3) is 9.69. The summed E-state index contributed by atoms with van der Waals surface area (Å²) in [6.07, 6.45) is 0.112. The number of hydrogen-bond donors (Lipinski definition) is 1. The Morgan fingerprint density at radius 2 is 1.39 bits per heavy atom. The monoisotopic (exact) mass is 721 g/mol. The molecule has 0 aromatic heterocycles. The molecule has 51 heavy (non-hydrogen) atoms. The third-order valence-electron chi connectivity index (χ3n) is 7.91. The van der Waals surface area contributed by atoms with Gasteiger partial charge in [-0.15, -0.1) is 0 Å². The van der Waals surface area contributed by atoms with Crippen LogP contribution in [0.1, 0.15) is 31.9 Å². The molecule has 0 saturated carbocycles. The Morgan fingerprint density at radius 3 is 1.98 bits per heavy atom. The van der Waals surface area contributed by atoms with Crippen molar-refractivity contribution < 1.29 is 41.3 Å². The highest BCUT2D eigenvalue weighted by atomic mass is 32.2. The normalized spacial score (nSPS) is 12.0. The van der Waals surface area contributed by atoms with E-state index in [1.807, 2.05) is 51.1 Å². The van der Waals surface area contributed by atoms with Gasteiger partial charge in [-0.1, -0.05) is 42.5 Å². The molecule has 0 heterocycles. The van der Waals surface area contributed by atoms with Crippen molar-refractivity contribution in [3.63, 3.8) is 0 Å². The summed E-state index contributed by atoms with van der Waals surface area (Å²) in [7, 11) is 1.06. The highest BCUT2D eigenvalue weighted by molar-refractivity contribution is 7.92. The Balaban J connectivity index is 1.91. The lowest BCUT2D eigenvalue weighted by Gasteiger charge is -2.35. The van der Waals surface area contributed by atoms with Crippen molar-refractivity contribution in [3.8, 4) is 23.0 Å². The smallest absolute Gasteiger partial charge is 0.265 e. The quantitative estimate of drug-likeness (QED) is 0.168. The van der Waals surface area contributed by atoms with Gasteiger partial charge < -0.3 is 29.2 Å². The van der Waals surface area contributed by atoms with E-state index in [1.54, 1.807) is 6.07 Å². The minimum absolute atomic E-state index is 0.0143. The predicted octanol–water partition coefficient (Wildman–Crippen LogP) is 5.61. The maximum atomic E-state index is 14.8. The Kier molecular flexibility index (Phi) is 12.5. The number of methoxy groups -OCH3 is 4. The largest absolute Gasteiger partial charge is 0.497 e. The van der Waals surface area contributed by atoms with Crippen LogP contribution < -0.4 is 28.6 Å². The first-order valence-corrected chi connectivity index (χ1v) is 17.5. The van der Waals surface area contributed by atoms with Crippen molar-refractivity contribution in [2.45, 2.75) is 50.2 Å². The number of carbonyl (C=O) groups excluding carboxylic acids is 2. The van der Waals surface area contributed by atoms with Crippen LogP contribution in [0.15, 0.2) is 95.9 Å². The highest BCUT2D eigenvalue weighted by Crippen LogP contribution is 2.38. The minimum atomic E-state index is -4.55. The van der Waals surface area contributed by atoms with Crippen LogP contribution in [0.3, 0.4) is 0 Å². The van der Waals surface area contributed by atoms with Crippen LogP contribution in [0.2, 0.25) is 0 Å². The average molecular weight is 722 g/mol. The van der Waals surface area contributed by atoms with Gasteiger partial charge in [-0.2, -0.15) is 0 Å². The minimum Gasteiger partial charge on any atom is -0.497 e. The lowest BCUT2D eigenvalue weighted by molar-refractivity contribution is -0.140. The molecule has 4 rings (SSSR count). The maximum Gasteiger partial charge on any atom is 0.265 e. The summed E-state index contributed by atoms with van der Waals surface area (Å²) >= 11 is 0. The Labute approximate surface area is 298 Å². The van der Waals surface area contributed by atoms with Gasteiger partial charge in [0.2, 0.25) is 11.8 Å². The van der Waals surface area contributed by atoms with Crippen LogP contribution in [0.4, 0.5) is 10.1 Å². The van der Waals surface area contributed by atoms with Crippen LogP contribution in [0.5, 0.6) is 23.0 Å². The maximum absolute atomic E-state index is 14.8. The zero-order valence-corrected chi connectivity index (χ0v) is 30.6. The number of rotatable bonds is 15. The summed E-state index contributed by atoms with van der Waals surface area (Å²) < 4.78 is 65.9.